The second-order valence-electron chi connectivity index (χ2n) is 10.8. The third-order valence-electron chi connectivity index (χ3n) is 7.95. The van der Waals surface area contributed by atoms with E-state index in [-0.39, 0.29) is 11.7 Å². The van der Waals surface area contributed by atoms with E-state index in [1.54, 1.807) is 17.0 Å². The Balaban J connectivity index is 1.17. The fourth-order valence-electron chi connectivity index (χ4n) is 5.76. The number of carbonyl (C=O) groups is 2. The number of aromatic nitrogens is 2. The Morgan fingerprint density at radius 3 is 2.53 bits per heavy atom. The van der Waals surface area contributed by atoms with Crippen LogP contribution in [-0.4, -0.2) is 56.9 Å². The summed E-state index contributed by atoms with van der Waals surface area (Å²) in [4.78, 5) is 32.7. The molecule has 1 saturated carbocycles. The number of hydrogen-bond acceptors (Lipinski definition) is 5. The van der Waals surface area contributed by atoms with E-state index in [2.05, 4.69) is 35.6 Å². The van der Waals surface area contributed by atoms with Gasteiger partial charge in [-0.25, -0.2) is 14.6 Å². The van der Waals surface area contributed by atoms with Crippen molar-refractivity contribution in [3.05, 3.63) is 59.4 Å². The molecule has 3 aromatic rings. The number of carboxylic acid groups (broad SMARTS) is 1. The number of pyridine rings is 1. The fourth-order valence-corrected chi connectivity index (χ4v) is 5.76. The number of carbonyl (C=O) groups excluding carboxylic acids is 1. The second kappa shape index (κ2) is 8.62. The lowest BCUT2D eigenvalue weighted by Crippen LogP contribution is -2.46. The number of piperidine rings is 1. The molecule has 2 saturated heterocycles. The first-order chi connectivity index (χ1) is 17.3. The molecule has 1 amide bonds. The predicted molar refractivity (Wildman–Crippen MR) is 137 cm³/mol. The van der Waals surface area contributed by atoms with Gasteiger partial charge in [0.05, 0.1) is 12.1 Å². The fraction of sp³-hybridized carbons (Fsp3) is 0.464. The average molecular weight is 489 g/mol. The smallest absolute Gasteiger partial charge is 0.415 e. The highest BCUT2D eigenvalue weighted by atomic mass is 16.6. The predicted octanol–water partition coefficient (Wildman–Crippen LogP) is 5.18. The van der Waals surface area contributed by atoms with E-state index >= 15 is 0 Å². The normalized spacial score (nSPS) is 20.0. The Kier molecular flexibility index (Phi) is 5.52. The lowest BCUT2D eigenvalue weighted by Gasteiger charge is -2.37. The minimum Gasteiger partial charge on any atom is -0.478 e. The number of aromatic carboxylic acids is 1. The van der Waals surface area contributed by atoms with Gasteiger partial charge in [-0.15, -0.1) is 0 Å². The average Bonchev–Trinajstić information content (AvgIpc) is 3.58. The Hall–Kier alpha value is -3.39. The Morgan fingerprint density at radius 2 is 1.89 bits per heavy atom. The third kappa shape index (κ3) is 4.03. The molecule has 1 N–H and O–H groups in total. The van der Waals surface area contributed by atoms with Crippen molar-refractivity contribution < 1.29 is 19.4 Å². The largest absolute Gasteiger partial charge is 0.478 e. The van der Waals surface area contributed by atoms with Crippen LogP contribution < -0.4 is 4.90 Å². The van der Waals surface area contributed by atoms with Gasteiger partial charge >= 0.3 is 12.1 Å². The molecule has 0 bridgehead atoms. The van der Waals surface area contributed by atoms with Crippen LogP contribution in [0.1, 0.15) is 73.0 Å². The van der Waals surface area contributed by atoms with Crippen molar-refractivity contribution in [3.8, 4) is 0 Å². The van der Waals surface area contributed by atoms with Crippen LogP contribution >= 0.6 is 0 Å². The highest BCUT2D eigenvalue weighted by Crippen LogP contribution is 2.44. The van der Waals surface area contributed by atoms with E-state index in [1.165, 1.54) is 41.5 Å². The van der Waals surface area contributed by atoms with E-state index in [4.69, 9.17) is 14.8 Å². The van der Waals surface area contributed by atoms with Gasteiger partial charge in [0.1, 0.15) is 11.2 Å². The molecule has 4 heterocycles. The summed E-state index contributed by atoms with van der Waals surface area (Å²) in [7, 11) is 0. The molecule has 1 aliphatic carbocycles. The van der Waals surface area contributed by atoms with Gasteiger partial charge in [-0.2, -0.15) is 0 Å². The van der Waals surface area contributed by atoms with E-state index in [0.29, 0.717) is 24.2 Å². The SMILES string of the molecule is CC(C)n1cc(CN2CCC3(CC2)CN(c2ccc(C(=O)O)cc2)C(=O)O3)c2c(C3CC3)ccnc21. The molecule has 2 aromatic heterocycles. The highest BCUT2D eigenvalue weighted by molar-refractivity contribution is 5.92. The van der Waals surface area contributed by atoms with E-state index in [9.17, 15) is 9.59 Å². The van der Waals surface area contributed by atoms with Crippen molar-refractivity contribution in [1.82, 2.24) is 14.5 Å². The van der Waals surface area contributed by atoms with Crippen molar-refractivity contribution in [2.24, 2.45) is 0 Å². The van der Waals surface area contributed by atoms with Crippen LogP contribution in [0, 0.1) is 0 Å². The molecule has 0 radical (unpaired) electrons. The van der Waals surface area contributed by atoms with E-state index in [0.717, 1.165) is 38.1 Å². The molecular weight excluding hydrogens is 456 g/mol. The number of benzene rings is 1. The highest BCUT2D eigenvalue weighted by Gasteiger charge is 2.47. The summed E-state index contributed by atoms with van der Waals surface area (Å²) in [5.74, 6) is -0.318. The first kappa shape index (κ1) is 23.0. The van der Waals surface area contributed by atoms with Crippen molar-refractivity contribution >= 4 is 28.8 Å². The Bertz CT molecular complexity index is 1320. The minimum absolute atomic E-state index is 0.202. The number of rotatable bonds is 6. The van der Waals surface area contributed by atoms with Crippen molar-refractivity contribution in [2.75, 3.05) is 24.5 Å². The molecule has 3 fully saturated rings. The summed E-state index contributed by atoms with van der Waals surface area (Å²) in [6.07, 6.45) is 7.97. The topological polar surface area (TPSA) is 87.9 Å². The lowest BCUT2D eigenvalue weighted by atomic mass is 9.91. The zero-order chi connectivity index (χ0) is 25.0. The van der Waals surface area contributed by atoms with E-state index < -0.39 is 11.6 Å². The van der Waals surface area contributed by atoms with Gasteiger partial charge in [-0.1, -0.05) is 0 Å². The molecule has 0 unspecified atom stereocenters. The first-order valence-electron chi connectivity index (χ1n) is 12.9. The van der Waals surface area contributed by atoms with Crippen LogP contribution in [-0.2, 0) is 11.3 Å². The maximum Gasteiger partial charge on any atom is 0.415 e. The monoisotopic (exact) mass is 488 g/mol. The molecule has 1 aromatic carbocycles. The first-order valence-corrected chi connectivity index (χ1v) is 12.9. The Labute approximate surface area is 210 Å². The van der Waals surface area contributed by atoms with Gasteiger partial charge in [0.15, 0.2) is 0 Å². The molecule has 188 valence electrons. The summed E-state index contributed by atoms with van der Waals surface area (Å²) in [5.41, 5.74) is 4.25. The molecule has 3 aliphatic rings. The minimum atomic E-state index is -0.981. The number of likely N-dealkylation sites (tertiary alicyclic amines) is 1. The van der Waals surface area contributed by atoms with Gasteiger partial charge in [0, 0.05) is 62.0 Å². The van der Waals surface area contributed by atoms with Crippen LogP contribution in [0.25, 0.3) is 11.0 Å². The van der Waals surface area contributed by atoms with Crippen LogP contribution in [0.2, 0.25) is 0 Å². The maximum absolute atomic E-state index is 12.7. The van der Waals surface area contributed by atoms with Crippen molar-refractivity contribution in [3.63, 3.8) is 0 Å². The van der Waals surface area contributed by atoms with Gasteiger partial charge in [0.2, 0.25) is 0 Å². The van der Waals surface area contributed by atoms with Crippen molar-refractivity contribution in [1.29, 1.82) is 0 Å². The van der Waals surface area contributed by atoms with Gasteiger partial charge < -0.3 is 14.4 Å². The maximum atomic E-state index is 12.7. The zero-order valence-corrected chi connectivity index (χ0v) is 20.8. The standard InChI is InChI=1S/C28H32N4O4/c1-18(2)31-16-21(24-23(19-3-4-19)9-12-29-25(24)31)15-30-13-10-28(11-14-30)17-32(27(35)36-28)22-7-5-20(6-8-22)26(33)34/h5-9,12,16,18-19H,3-4,10-11,13-15,17H2,1-2H3,(H,33,34). The quantitative estimate of drug-likeness (QED) is 0.514. The van der Waals surface area contributed by atoms with Crippen LogP contribution in [0.15, 0.2) is 42.7 Å². The van der Waals surface area contributed by atoms with Gasteiger partial charge in [-0.3, -0.25) is 9.80 Å². The molecule has 6 rings (SSSR count). The number of hydrogen-bond donors (Lipinski definition) is 1. The molecular formula is C28H32N4O4. The zero-order valence-electron chi connectivity index (χ0n) is 20.8. The number of fused-ring (bicyclic) bond motifs is 1. The van der Waals surface area contributed by atoms with Gasteiger partial charge in [0.25, 0.3) is 0 Å². The molecule has 8 heteroatoms. The number of ether oxygens (including phenoxy) is 1. The third-order valence-corrected chi connectivity index (χ3v) is 7.95. The lowest BCUT2D eigenvalue weighted by molar-refractivity contribution is -0.000900. The molecule has 0 atom stereocenters. The summed E-state index contributed by atoms with van der Waals surface area (Å²) in [6.45, 7) is 7.48. The van der Waals surface area contributed by atoms with Crippen LogP contribution in [0.3, 0.4) is 0 Å². The summed E-state index contributed by atoms with van der Waals surface area (Å²) in [5, 5.41) is 10.5. The van der Waals surface area contributed by atoms with E-state index in [1.807, 2.05) is 6.20 Å². The number of amides is 1. The summed E-state index contributed by atoms with van der Waals surface area (Å²) in [6, 6.07) is 8.95. The second-order valence-corrected chi connectivity index (χ2v) is 10.8. The Morgan fingerprint density at radius 1 is 1.17 bits per heavy atom. The molecule has 8 nitrogen and oxygen atoms in total. The molecule has 1 spiro atoms. The van der Waals surface area contributed by atoms with Crippen molar-refractivity contribution in [2.45, 2.75) is 63.6 Å². The number of anilines is 1. The van der Waals surface area contributed by atoms with Crippen LogP contribution in [0.5, 0.6) is 0 Å². The summed E-state index contributed by atoms with van der Waals surface area (Å²) < 4.78 is 8.23. The number of carboxylic acids is 1. The van der Waals surface area contributed by atoms with Gasteiger partial charge in [-0.05, 0) is 74.1 Å². The molecule has 2 aliphatic heterocycles. The molecule has 36 heavy (non-hydrogen) atoms. The van der Waals surface area contributed by atoms with Crippen LogP contribution in [0.4, 0.5) is 10.5 Å². The number of nitrogens with zero attached hydrogens (tertiary/aromatic N) is 4. The summed E-state index contributed by atoms with van der Waals surface area (Å²) >= 11 is 0.